The van der Waals surface area contributed by atoms with Gasteiger partial charge in [0.1, 0.15) is 0 Å². The van der Waals surface area contributed by atoms with Crippen molar-refractivity contribution in [1.29, 1.82) is 0 Å². The van der Waals surface area contributed by atoms with Crippen molar-refractivity contribution in [1.82, 2.24) is 9.97 Å². The van der Waals surface area contributed by atoms with Crippen molar-refractivity contribution in [2.45, 2.75) is 12.8 Å². The molecule has 1 aliphatic heterocycles. The molecule has 35 heavy (non-hydrogen) atoms. The van der Waals surface area contributed by atoms with Crippen LogP contribution in [-0.2, 0) is 9.53 Å². The van der Waals surface area contributed by atoms with Crippen molar-refractivity contribution in [2.75, 3.05) is 41.8 Å². The van der Waals surface area contributed by atoms with Gasteiger partial charge in [0.2, 0.25) is 11.9 Å². The molecule has 0 spiro atoms. The molecule has 180 valence electrons. The van der Waals surface area contributed by atoms with Crippen molar-refractivity contribution in [2.24, 2.45) is 0 Å². The first-order valence-electron chi connectivity index (χ1n) is 11.4. The number of allylic oxidation sites excluding steroid dienone is 5. The maximum absolute atomic E-state index is 12.1. The second-order valence-electron chi connectivity index (χ2n) is 8.13. The van der Waals surface area contributed by atoms with Gasteiger partial charge < -0.3 is 20.3 Å². The Hall–Kier alpha value is -3.68. The fraction of sp³-hybridized carbons (Fsp3) is 0.222. The lowest BCUT2D eigenvalue weighted by atomic mass is 9.94. The minimum Gasteiger partial charge on any atom is -0.378 e. The predicted molar refractivity (Wildman–Crippen MR) is 144 cm³/mol. The Morgan fingerprint density at radius 3 is 2.74 bits per heavy atom. The molecule has 0 bridgehead atoms. The molecule has 2 N–H and O–H groups in total. The molecule has 2 aromatic rings. The molecule has 4 rings (SSSR count). The average Bonchev–Trinajstić information content (AvgIpc) is 2.89. The summed E-state index contributed by atoms with van der Waals surface area (Å²) >= 11 is 6.22. The molecule has 0 saturated carbocycles. The molecule has 0 radical (unpaired) electrons. The minimum atomic E-state index is -0.282. The lowest BCUT2D eigenvalue weighted by Gasteiger charge is -2.30. The molecule has 2 aliphatic rings. The first-order chi connectivity index (χ1) is 17.0. The normalized spacial score (nSPS) is 15.5. The van der Waals surface area contributed by atoms with Gasteiger partial charge in [-0.3, -0.25) is 4.79 Å². The highest BCUT2D eigenvalue weighted by Gasteiger charge is 2.18. The van der Waals surface area contributed by atoms with Crippen LogP contribution in [-0.4, -0.2) is 42.2 Å². The highest BCUT2D eigenvalue weighted by Crippen LogP contribution is 2.33. The smallest absolute Gasteiger partial charge is 0.247 e. The molecule has 1 amide bonds. The molecule has 1 saturated heterocycles. The highest BCUT2D eigenvalue weighted by atomic mass is 35.5. The van der Waals surface area contributed by atoms with E-state index in [1.165, 1.54) is 6.08 Å². The fourth-order valence-corrected chi connectivity index (χ4v) is 4.24. The van der Waals surface area contributed by atoms with Crippen molar-refractivity contribution in [3.63, 3.8) is 0 Å². The number of hydrogen-bond acceptors (Lipinski definition) is 6. The SMILES string of the molecule is C=CC(=O)Nc1cc(Nc2ncc(C=C)c(C(=C)C3=CC(Cl)=CCC3)n2)ccc1N1CCOCC1. The molecule has 0 unspecified atom stereocenters. The summed E-state index contributed by atoms with van der Waals surface area (Å²) in [6, 6.07) is 5.76. The summed E-state index contributed by atoms with van der Waals surface area (Å²) in [7, 11) is 0. The van der Waals surface area contributed by atoms with Gasteiger partial charge in [-0.15, -0.1) is 0 Å². The molecule has 2 heterocycles. The second kappa shape index (κ2) is 11.2. The topological polar surface area (TPSA) is 79.4 Å². The van der Waals surface area contributed by atoms with Crippen LogP contribution in [0.15, 0.2) is 73.0 Å². The number of benzene rings is 1. The van der Waals surface area contributed by atoms with E-state index in [1.54, 1.807) is 12.3 Å². The van der Waals surface area contributed by atoms with Gasteiger partial charge in [-0.25, -0.2) is 9.97 Å². The summed E-state index contributed by atoms with van der Waals surface area (Å²) in [6.45, 7) is 14.5. The van der Waals surface area contributed by atoms with E-state index < -0.39 is 0 Å². The third-order valence-corrected chi connectivity index (χ3v) is 6.09. The maximum atomic E-state index is 12.1. The average molecular weight is 490 g/mol. The first-order valence-corrected chi connectivity index (χ1v) is 11.8. The number of carbonyl (C=O) groups excluding carboxylic acids is 1. The van der Waals surface area contributed by atoms with E-state index in [1.807, 2.05) is 30.4 Å². The summed E-state index contributed by atoms with van der Waals surface area (Å²) in [6.07, 6.45) is 10.3. The first kappa shape index (κ1) is 24.4. The van der Waals surface area contributed by atoms with E-state index in [0.29, 0.717) is 35.6 Å². The van der Waals surface area contributed by atoms with Crippen LogP contribution in [0.2, 0.25) is 0 Å². The molecule has 1 fully saturated rings. The van der Waals surface area contributed by atoms with Crippen LogP contribution in [0.3, 0.4) is 0 Å². The number of ether oxygens (including phenoxy) is 1. The summed E-state index contributed by atoms with van der Waals surface area (Å²) in [4.78, 5) is 23.5. The monoisotopic (exact) mass is 489 g/mol. The number of hydrogen-bond donors (Lipinski definition) is 2. The zero-order valence-corrected chi connectivity index (χ0v) is 20.3. The molecular formula is C27H28ClN5O2. The lowest BCUT2D eigenvalue weighted by Crippen LogP contribution is -2.36. The zero-order chi connectivity index (χ0) is 24.8. The van der Waals surface area contributed by atoms with Gasteiger partial charge in [-0.1, -0.05) is 43.5 Å². The van der Waals surface area contributed by atoms with Crippen molar-refractivity contribution < 1.29 is 9.53 Å². The Morgan fingerprint density at radius 1 is 1.23 bits per heavy atom. The number of amides is 1. The predicted octanol–water partition coefficient (Wildman–Crippen LogP) is 5.68. The number of nitrogens with zero attached hydrogens (tertiary/aromatic N) is 3. The van der Waals surface area contributed by atoms with Gasteiger partial charge in [0.05, 0.1) is 30.3 Å². The quantitative estimate of drug-likeness (QED) is 0.464. The summed E-state index contributed by atoms with van der Waals surface area (Å²) < 4.78 is 5.46. The van der Waals surface area contributed by atoms with Crippen LogP contribution >= 0.6 is 11.6 Å². The number of carbonyl (C=O) groups is 1. The number of anilines is 4. The van der Waals surface area contributed by atoms with E-state index in [9.17, 15) is 4.79 Å². The summed E-state index contributed by atoms with van der Waals surface area (Å²) in [5, 5.41) is 6.86. The Labute approximate surface area is 210 Å². The number of nitrogens with one attached hydrogen (secondary N) is 2. The summed E-state index contributed by atoms with van der Waals surface area (Å²) in [5.74, 6) is 0.125. The number of halogens is 1. The number of aromatic nitrogens is 2. The van der Waals surface area contributed by atoms with Gasteiger partial charge in [0.25, 0.3) is 0 Å². The van der Waals surface area contributed by atoms with Crippen LogP contribution in [0.1, 0.15) is 24.1 Å². The molecule has 0 atom stereocenters. The van der Waals surface area contributed by atoms with E-state index in [-0.39, 0.29) is 5.91 Å². The van der Waals surface area contributed by atoms with Gasteiger partial charge in [0.15, 0.2) is 0 Å². The molecule has 1 aliphatic carbocycles. The van der Waals surface area contributed by atoms with Gasteiger partial charge in [-0.2, -0.15) is 0 Å². The number of rotatable bonds is 8. The third kappa shape index (κ3) is 5.88. The molecule has 8 heteroatoms. The lowest BCUT2D eigenvalue weighted by molar-refractivity contribution is -0.111. The minimum absolute atomic E-state index is 0.282. The number of morpholine rings is 1. The molecule has 1 aromatic carbocycles. The Bertz CT molecular complexity index is 1230. The van der Waals surface area contributed by atoms with Crippen LogP contribution in [0.4, 0.5) is 23.0 Å². The molecular weight excluding hydrogens is 462 g/mol. The van der Waals surface area contributed by atoms with Crippen LogP contribution < -0.4 is 15.5 Å². The van der Waals surface area contributed by atoms with Gasteiger partial charge in [-0.05, 0) is 54.3 Å². The van der Waals surface area contributed by atoms with Crippen molar-refractivity contribution in [3.05, 3.63) is 84.2 Å². The maximum Gasteiger partial charge on any atom is 0.247 e. The van der Waals surface area contributed by atoms with E-state index in [0.717, 1.165) is 54.0 Å². The van der Waals surface area contributed by atoms with Crippen molar-refractivity contribution in [3.8, 4) is 0 Å². The van der Waals surface area contributed by atoms with Crippen LogP contribution in [0.5, 0.6) is 0 Å². The second-order valence-corrected chi connectivity index (χ2v) is 8.56. The van der Waals surface area contributed by atoms with Gasteiger partial charge in [0, 0.05) is 35.6 Å². The Balaban J connectivity index is 1.63. The van der Waals surface area contributed by atoms with E-state index >= 15 is 0 Å². The fourth-order valence-electron chi connectivity index (χ4n) is 4.00. The van der Waals surface area contributed by atoms with Crippen molar-refractivity contribution >= 4 is 52.2 Å². The standard InChI is InChI=1S/C27H28ClN5O2/c1-4-19-17-29-27(32-26(19)18(3)20-7-6-8-21(28)15-20)30-22-9-10-24(33-11-13-35-14-12-33)23(16-22)31-25(34)5-2/h4-5,8-10,15-17H,1-3,6-7,11-14H2,(H,31,34)(H,29,30,32). The van der Waals surface area contributed by atoms with Crippen LogP contribution in [0, 0.1) is 0 Å². The zero-order valence-electron chi connectivity index (χ0n) is 19.5. The molecule has 1 aromatic heterocycles. The Kier molecular flexibility index (Phi) is 7.80. The third-order valence-electron chi connectivity index (χ3n) is 5.82. The highest BCUT2D eigenvalue weighted by molar-refractivity contribution is 6.31. The summed E-state index contributed by atoms with van der Waals surface area (Å²) in [5.41, 5.74) is 5.62. The van der Waals surface area contributed by atoms with Gasteiger partial charge >= 0.3 is 0 Å². The van der Waals surface area contributed by atoms with E-state index in [2.05, 4.69) is 40.3 Å². The molecule has 7 nitrogen and oxygen atoms in total. The Morgan fingerprint density at radius 2 is 2.03 bits per heavy atom. The largest absolute Gasteiger partial charge is 0.378 e. The van der Waals surface area contributed by atoms with Crippen LogP contribution in [0.25, 0.3) is 11.6 Å². The van der Waals surface area contributed by atoms with E-state index in [4.69, 9.17) is 21.3 Å².